The molecule has 0 spiro atoms. The minimum Gasteiger partial charge on any atom is -0.340 e. The van der Waals surface area contributed by atoms with Gasteiger partial charge in [-0.1, -0.05) is 25.7 Å². The molecule has 1 atom stereocenters. The second-order valence-electron chi connectivity index (χ2n) is 5.75. The molecule has 1 fully saturated rings. The van der Waals surface area contributed by atoms with Crippen molar-refractivity contribution < 1.29 is 4.79 Å². The highest BCUT2D eigenvalue weighted by molar-refractivity contribution is 7.10. The van der Waals surface area contributed by atoms with E-state index in [0.29, 0.717) is 13.1 Å². The Morgan fingerprint density at radius 2 is 2.32 bits per heavy atom. The van der Waals surface area contributed by atoms with Crippen LogP contribution in [0.4, 0.5) is 0 Å². The van der Waals surface area contributed by atoms with Gasteiger partial charge in [-0.05, 0) is 17.9 Å². The molecule has 1 aromatic heterocycles. The van der Waals surface area contributed by atoms with E-state index in [-0.39, 0.29) is 17.2 Å². The van der Waals surface area contributed by atoms with Crippen LogP contribution >= 0.6 is 11.3 Å². The van der Waals surface area contributed by atoms with Gasteiger partial charge in [0.1, 0.15) is 0 Å². The maximum Gasteiger partial charge on any atom is 0.226 e. The predicted octanol–water partition coefficient (Wildman–Crippen LogP) is 2.06. The number of amides is 1. The summed E-state index contributed by atoms with van der Waals surface area (Å²) in [6.07, 6.45) is 1.01. The Kier molecular flexibility index (Phi) is 3.98. The van der Waals surface area contributed by atoms with Gasteiger partial charge in [0.25, 0.3) is 0 Å². The number of carbonyl (C=O) groups excluding carboxylic acids is 1. The van der Waals surface area contributed by atoms with E-state index in [4.69, 9.17) is 5.73 Å². The number of carbonyl (C=O) groups is 1. The second kappa shape index (κ2) is 5.36. The van der Waals surface area contributed by atoms with Crippen LogP contribution in [-0.4, -0.2) is 24.4 Å². The van der Waals surface area contributed by atoms with E-state index in [0.717, 1.165) is 16.9 Å². The van der Waals surface area contributed by atoms with E-state index in [1.807, 2.05) is 23.4 Å². The monoisotopic (exact) mass is 276 g/mol. The average Bonchev–Trinajstić information content (AvgIpc) is 2.79. The molecule has 1 amide bonds. The quantitative estimate of drug-likeness (QED) is 0.859. The van der Waals surface area contributed by atoms with Crippen molar-refractivity contribution in [1.82, 2.24) is 4.90 Å². The molecule has 1 saturated carbocycles. The lowest BCUT2D eigenvalue weighted by Crippen LogP contribution is -2.28. The van der Waals surface area contributed by atoms with Crippen molar-refractivity contribution in [3.05, 3.63) is 21.9 Å². The van der Waals surface area contributed by atoms with Crippen molar-refractivity contribution in [2.45, 2.75) is 26.8 Å². The highest BCUT2D eigenvalue weighted by Crippen LogP contribution is 2.52. The minimum absolute atomic E-state index is 0.193. The Bertz CT molecular complexity index is 536. The number of hydrogen-bond acceptors (Lipinski definition) is 3. The minimum atomic E-state index is 0.193. The van der Waals surface area contributed by atoms with E-state index in [2.05, 4.69) is 25.7 Å². The van der Waals surface area contributed by atoms with E-state index in [9.17, 15) is 4.79 Å². The third-order valence-electron chi connectivity index (χ3n) is 3.57. The van der Waals surface area contributed by atoms with Crippen molar-refractivity contribution in [2.24, 2.45) is 17.1 Å². The molecule has 102 valence electrons. The van der Waals surface area contributed by atoms with Crippen LogP contribution in [0.2, 0.25) is 0 Å². The summed E-state index contributed by atoms with van der Waals surface area (Å²) in [6.45, 7) is 5.34. The summed E-state index contributed by atoms with van der Waals surface area (Å²) < 4.78 is 0. The Hall–Kier alpha value is -1.31. The van der Waals surface area contributed by atoms with Gasteiger partial charge in [-0.3, -0.25) is 4.79 Å². The normalized spacial score (nSPS) is 19.5. The molecule has 2 rings (SSSR count). The van der Waals surface area contributed by atoms with Gasteiger partial charge < -0.3 is 10.6 Å². The summed E-state index contributed by atoms with van der Waals surface area (Å²) >= 11 is 1.64. The first kappa shape index (κ1) is 14.1. The lowest BCUT2D eigenvalue weighted by atomic mass is 10.1. The number of hydrogen-bond donors (Lipinski definition) is 1. The summed E-state index contributed by atoms with van der Waals surface area (Å²) in [5.74, 6) is 6.30. The van der Waals surface area contributed by atoms with Crippen LogP contribution in [-0.2, 0) is 11.3 Å². The topological polar surface area (TPSA) is 46.3 Å². The molecule has 0 bridgehead atoms. The summed E-state index contributed by atoms with van der Waals surface area (Å²) in [5.41, 5.74) is 6.52. The first-order chi connectivity index (χ1) is 8.94. The number of nitrogens with two attached hydrogens (primary N) is 1. The Morgan fingerprint density at radius 1 is 1.63 bits per heavy atom. The molecule has 1 aliphatic rings. The van der Waals surface area contributed by atoms with E-state index >= 15 is 0 Å². The molecule has 0 aromatic carbocycles. The zero-order valence-corrected chi connectivity index (χ0v) is 12.5. The highest BCUT2D eigenvalue weighted by Gasteiger charge is 2.51. The molecule has 2 N–H and O–H groups in total. The molecule has 3 nitrogen and oxygen atoms in total. The van der Waals surface area contributed by atoms with Gasteiger partial charge in [-0.15, -0.1) is 11.3 Å². The number of rotatable bonds is 3. The van der Waals surface area contributed by atoms with Crippen molar-refractivity contribution in [1.29, 1.82) is 0 Å². The van der Waals surface area contributed by atoms with Gasteiger partial charge in [0, 0.05) is 28.8 Å². The number of nitrogens with zero attached hydrogens (tertiary/aromatic N) is 1. The summed E-state index contributed by atoms with van der Waals surface area (Å²) in [4.78, 5) is 15.2. The molecule has 0 saturated heterocycles. The van der Waals surface area contributed by atoms with Crippen LogP contribution in [0.15, 0.2) is 11.4 Å². The standard InChI is InChI=1S/C15H20N2OS/c1-15(2)8-13(15)14(18)17(3)9-12-7-11(10-19-12)5-4-6-16/h7,10,13H,6,8-9,16H2,1-3H3. The lowest BCUT2D eigenvalue weighted by Gasteiger charge is -2.17. The first-order valence-electron chi connectivity index (χ1n) is 6.45. The summed E-state index contributed by atoms with van der Waals surface area (Å²) in [5, 5.41) is 2.01. The molecule has 1 unspecified atom stereocenters. The summed E-state index contributed by atoms with van der Waals surface area (Å²) in [7, 11) is 1.88. The average molecular weight is 276 g/mol. The molecule has 0 aliphatic heterocycles. The maximum absolute atomic E-state index is 12.2. The molecule has 4 heteroatoms. The van der Waals surface area contributed by atoms with Crippen LogP contribution in [0.25, 0.3) is 0 Å². The Labute approximate surface area is 118 Å². The van der Waals surface area contributed by atoms with Crippen LogP contribution in [0, 0.1) is 23.2 Å². The van der Waals surface area contributed by atoms with Gasteiger partial charge in [-0.2, -0.15) is 0 Å². The molecular weight excluding hydrogens is 256 g/mol. The third-order valence-corrected chi connectivity index (χ3v) is 4.49. The van der Waals surface area contributed by atoms with Crippen LogP contribution in [0.5, 0.6) is 0 Å². The zero-order valence-electron chi connectivity index (χ0n) is 11.7. The largest absolute Gasteiger partial charge is 0.340 e. The third kappa shape index (κ3) is 3.37. The van der Waals surface area contributed by atoms with Gasteiger partial charge in [0.15, 0.2) is 0 Å². The first-order valence-corrected chi connectivity index (χ1v) is 7.33. The molecule has 0 radical (unpaired) electrons. The maximum atomic E-state index is 12.2. The molecule has 1 aliphatic carbocycles. The second-order valence-corrected chi connectivity index (χ2v) is 6.74. The Morgan fingerprint density at radius 3 is 2.89 bits per heavy atom. The SMILES string of the molecule is CN(Cc1cc(C#CCN)cs1)C(=O)C1CC1(C)C. The van der Waals surface area contributed by atoms with Gasteiger partial charge in [0.05, 0.1) is 13.1 Å². The van der Waals surface area contributed by atoms with Gasteiger partial charge >= 0.3 is 0 Å². The van der Waals surface area contributed by atoms with Gasteiger partial charge in [-0.25, -0.2) is 0 Å². The van der Waals surface area contributed by atoms with Crippen LogP contribution < -0.4 is 5.73 Å². The molecular formula is C15H20N2OS. The van der Waals surface area contributed by atoms with Crippen LogP contribution in [0.3, 0.4) is 0 Å². The fraction of sp³-hybridized carbons (Fsp3) is 0.533. The van der Waals surface area contributed by atoms with E-state index in [1.54, 1.807) is 11.3 Å². The van der Waals surface area contributed by atoms with Crippen molar-refractivity contribution >= 4 is 17.2 Å². The highest BCUT2D eigenvalue weighted by atomic mass is 32.1. The lowest BCUT2D eigenvalue weighted by molar-refractivity contribution is -0.132. The van der Waals surface area contributed by atoms with E-state index in [1.165, 1.54) is 0 Å². The Balaban J connectivity index is 1.94. The van der Waals surface area contributed by atoms with Crippen molar-refractivity contribution in [3.8, 4) is 11.8 Å². The fourth-order valence-corrected chi connectivity index (χ4v) is 3.02. The molecule has 19 heavy (non-hydrogen) atoms. The molecule has 1 aromatic rings. The van der Waals surface area contributed by atoms with Gasteiger partial charge in [0.2, 0.25) is 5.91 Å². The molecule has 1 heterocycles. The fourth-order valence-electron chi connectivity index (χ4n) is 2.15. The van der Waals surface area contributed by atoms with Crippen molar-refractivity contribution in [2.75, 3.05) is 13.6 Å². The zero-order chi connectivity index (χ0) is 14.0. The smallest absolute Gasteiger partial charge is 0.226 e. The van der Waals surface area contributed by atoms with Crippen LogP contribution in [0.1, 0.15) is 30.7 Å². The number of thiophene rings is 1. The van der Waals surface area contributed by atoms with E-state index < -0.39 is 0 Å². The predicted molar refractivity (Wildman–Crippen MR) is 78.6 cm³/mol. The summed E-state index contributed by atoms with van der Waals surface area (Å²) in [6, 6.07) is 2.04. The van der Waals surface area contributed by atoms with Crippen molar-refractivity contribution in [3.63, 3.8) is 0 Å².